The Morgan fingerprint density at radius 3 is 0.660 bits per heavy atom. The van der Waals surface area contributed by atoms with Crippen molar-refractivity contribution in [2.24, 2.45) is 5.92 Å². The van der Waals surface area contributed by atoms with E-state index in [4.69, 9.17) is 37.0 Å². The maximum absolute atomic E-state index is 13.1. The fraction of sp³-hybridized carbons (Fsp3) is 0.952. The van der Waals surface area contributed by atoms with Gasteiger partial charge in [0.15, 0.2) is 12.2 Å². The zero-order valence-electron chi connectivity index (χ0n) is 67.5. The van der Waals surface area contributed by atoms with Crippen LogP contribution in [0.2, 0.25) is 0 Å². The molecule has 0 aromatic rings. The van der Waals surface area contributed by atoms with Crippen molar-refractivity contribution in [3.63, 3.8) is 0 Å². The van der Waals surface area contributed by atoms with Gasteiger partial charge in [0.05, 0.1) is 26.4 Å². The summed E-state index contributed by atoms with van der Waals surface area (Å²) in [6, 6.07) is 0. The molecule has 0 aromatic heterocycles. The van der Waals surface area contributed by atoms with Gasteiger partial charge in [0, 0.05) is 25.7 Å². The Bertz CT molecular complexity index is 1960. The number of hydrogen-bond donors (Lipinski definition) is 3. The van der Waals surface area contributed by atoms with Crippen molar-refractivity contribution in [3.05, 3.63) is 0 Å². The highest BCUT2D eigenvalue weighted by molar-refractivity contribution is 7.47. The van der Waals surface area contributed by atoms with E-state index in [0.29, 0.717) is 31.6 Å². The minimum absolute atomic E-state index is 0.107. The van der Waals surface area contributed by atoms with Crippen molar-refractivity contribution < 1.29 is 80.2 Å². The first-order chi connectivity index (χ1) is 50.0. The number of esters is 4. The van der Waals surface area contributed by atoms with Crippen LogP contribution < -0.4 is 0 Å². The van der Waals surface area contributed by atoms with Gasteiger partial charge in [0.2, 0.25) is 0 Å². The Morgan fingerprint density at radius 1 is 0.262 bits per heavy atom. The molecule has 0 saturated heterocycles. The summed E-state index contributed by atoms with van der Waals surface area (Å²) in [7, 11) is -9.92. The number of hydrogen-bond acceptors (Lipinski definition) is 15. The predicted octanol–water partition coefficient (Wildman–Crippen LogP) is 25.6. The molecule has 0 amide bonds. The molecule has 103 heavy (non-hydrogen) atoms. The summed E-state index contributed by atoms with van der Waals surface area (Å²) >= 11 is 0. The molecule has 0 bridgehead atoms. The minimum Gasteiger partial charge on any atom is -0.462 e. The van der Waals surface area contributed by atoms with Gasteiger partial charge < -0.3 is 33.8 Å². The fourth-order valence-corrected chi connectivity index (χ4v) is 14.7. The van der Waals surface area contributed by atoms with Crippen LogP contribution in [0.15, 0.2) is 0 Å². The van der Waals surface area contributed by atoms with Gasteiger partial charge in [-0.05, 0) is 31.6 Å². The largest absolute Gasteiger partial charge is 0.472 e. The molecular weight excluding hydrogens is 1340 g/mol. The Kier molecular flexibility index (Phi) is 75.4. The molecule has 0 spiro atoms. The second-order valence-electron chi connectivity index (χ2n) is 30.7. The van der Waals surface area contributed by atoms with E-state index in [2.05, 4.69) is 34.6 Å². The quantitative estimate of drug-likeness (QED) is 0.0222. The average Bonchev–Trinajstić information content (AvgIpc) is 1.02. The van der Waals surface area contributed by atoms with Crippen molar-refractivity contribution in [1.29, 1.82) is 0 Å². The maximum atomic E-state index is 13.1. The molecule has 0 saturated carbocycles. The van der Waals surface area contributed by atoms with Gasteiger partial charge in [0.25, 0.3) is 0 Å². The fourth-order valence-electron chi connectivity index (χ4n) is 13.1. The van der Waals surface area contributed by atoms with Crippen LogP contribution in [-0.2, 0) is 65.4 Å². The standard InChI is InChI=1S/C84H164O17P2/c1-6-9-12-15-18-21-24-27-30-32-34-35-36-37-39-41-44-47-50-53-60-65-70-83(88)100-79(73-94-81(86)67-62-57-51-48-45-43-40-38-33-31-28-25-22-19-16-13-10-7-2)75-98-102(90,91)96-71-78(85)72-97-103(92,93)99-76-80(74-95-82(87)68-63-58-55-54-56-61-66-77(4)5)101-84(89)69-64-59-52-49-46-42-29-26-23-20-17-14-11-8-3/h77-80,85H,6-76H2,1-5H3,(H,90,91)(H,92,93)/t78-,79-,80-/m1/s1. The van der Waals surface area contributed by atoms with Crippen molar-refractivity contribution in [1.82, 2.24) is 0 Å². The number of unbranched alkanes of at least 4 members (excludes halogenated alkanes) is 56. The second kappa shape index (κ2) is 76.8. The van der Waals surface area contributed by atoms with Crippen molar-refractivity contribution in [2.45, 2.75) is 470 Å². The monoisotopic (exact) mass is 1510 g/mol. The van der Waals surface area contributed by atoms with Crippen LogP contribution in [-0.4, -0.2) is 96.7 Å². The van der Waals surface area contributed by atoms with Gasteiger partial charge >= 0.3 is 39.5 Å². The summed E-state index contributed by atoms with van der Waals surface area (Å²) in [6.07, 6.45) is 69.7. The van der Waals surface area contributed by atoms with Crippen LogP contribution in [0.25, 0.3) is 0 Å². The highest BCUT2D eigenvalue weighted by Gasteiger charge is 2.30. The van der Waals surface area contributed by atoms with E-state index in [1.54, 1.807) is 0 Å². The lowest BCUT2D eigenvalue weighted by Crippen LogP contribution is -2.30. The number of aliphatic hydroxyl groups is 1. The van der Waals surface area contributed by atoms with Crippen molar-refractivity contribution >= 4 is 39.5 Å². The van der Waals surface area contributed by atoms with Crippen LogP contribution in [0.5, 0.6) is 0 Å². The Balaban J connectivity index is 5.19. The van der Waals surface area contributed by atoms with E-state index < -0.39 is 97.5 Å². The van der Waals surface area contributed by atoms with E-state index in [0.717, 1.165) is 96.3 Å². The number of carbonyl (C=O) groups is 4. The first kappa shape index (κ1) is 101. The molecule has 5 atom stereocenters. The van der Waals surface area contributed by atoms with Gasteiger partial charge in [-0.3, -0.25) is 37.3 Å². The maximum Gasteiger partial charge on any atom is 0.472 e. The molecule has 19 heteroatoms. The normalized spacial score (nSPS) is 13.8. The number of rotatable bonds is 84. The molecule has 2 unspecified atom stereocenters. The Morgan fingerprint density at radius 2 is 0.447 bits per heavy atom. The first-order valence-electron chi connectivity index (χ1n) is 43.6. The third kappa shape index (κ3) is 78.0. The van der Waals surface area contributed by atoms with E-state index >= 15 is 0 Å². The Hall–Kier alpha value is -1.94. The molecule has 0 aromatic carbocycles. The van der Waals surface area contributed by atoms with E-state index in [9.17, 15) is 43.2 Å². The SMILES string of the molecule is CCCCCCCCCCCCCCCCCCCCCCCCC(=O)O[C@H](COC(=O)CCCCCCCCCCCCCCCCCCCC)COP(=O)(O)OC[C@@H](O)COP(=O)(O)OC[C@@H](COC(=O)CCCCCCCCC(C)C)OC(=O)CCCCCCCCCCCCCCCC. The second-order valence-corrected chi connectivity index (χ2v) is 33.6. The molecule has 0 aliphatic carbocycles. The van der Waals surface area contributed by atoms with Crippen LogP contribution in [0.4, 0.5) is 0 Å². The first-order valence-corrected chi connectivity index (χ1v) is 46.6. The smallest absolute Gasteiger partial charge is 0.462 e. The summed E-state index contributed by atoms with van der Waals surface area (Å²) in [5.41, 5.74) is 0. The molecule has 0 aliphatic heterocycles. The minimum atomic E-state index is -4.96. The van der Waals surface area contributed by atoms with Crippen LogP contribution in [0.3, 0.4) is 0 Å². The molecule has 0 radical (unpaired) electrons. The Labute approximate surface area is 632 Å². The predicted molar refractivity (Wildman–Crippen MR) is 423 cm³/mol. The van der Waals surface area contributed by atoms with Gasteiger partial charge in [0.1, 0.15) is 19.3 Å². The third-order valence-corrected chi connectivity index (χ3v) is 21.7. The number of carbonyl (C=O) groups excluding carboxylic acids is 4. The van der Waals surface area contributed by atoms with E-state index in [-0.39, 0.29) is 25.7 Å². The number of aliphatic hydroxyl groups excluding tert-OH is 1. The lowest BCUT2D eigenvalue weighted by atomic mass is 10.0. The van der Waals surface area contributed by atoms with Crippen LogP contribution in [0.1, 0.15) is 452 Å². The lowest BCUT2D eigenvalue weighted by molar-refractivity contribution is -0.161. The van der Waals surface area contributed by atoms with E-state index in [1.165, 1.54) is 270 Å². The number of phosphoric acid groups is 2. The molecule has 0 fully saturated rings. The molecule has 612 valence electrons. The van der Waals surface area contributed by atoms with E-state index in [1.807, 2.05) is 0 Å². The molecule has 3 N–H and O–H groups in total. The summed E-state index contributed by atoms with van der Waals surface area (Å²) in [6.45, 7) is 7.26. The molecule has 0 aliphatic rings. The molecule has 0 rings (SSSR count). The van der Waals surface area contributed by atoms with Gasteiger partial charge in [-0.15, -0.1) is 0 Å². The van der Waals surface area contributed by atoms with Crippen molar-refractivity contribution in [3.8, 4) is 0 Å². The summed E-state index contributed by atoms with van der Waals surface area (Å²) in [5, 5.41) is 10.7. The average molecular weight is 1510 g/mol. The molecule has 0 heterocycles. The molecule has 17 nitrogen and oxygen atoms in total. The number of ether oxygens (including phenoxy) is 4. The zero-order valence-corrected chi connectivity index (χ0v) is 69.3. The van der Waals surface area contributed by atoms with Gasteiger partial charge in [-0.1, -0.05) is 401 Å². The molecular formula is C84H164O17P2. The summed E-state index contributed by atoms with van der Waals surface area (Å²) < 4.78 is 68.8. The van der Waals surface area contributed by atoms with Gasteiger partial charge in [-0.2, -0.15) is 0 Å². The summed E-state index contributed by atoms with van der Waals surface area (Å²) in [4.78, 5) is 73.1. The topological polar surface area (TPSA) is 237 Å². The zero-order chi connectivity index (χ0) is 75.5. The highest BCUT2D eigenvalue weighted by atomic mass is 31.2. The third-order valence-electron chi connectivity index (χ3n) is 19.8. The van der Waals surface area contributed by atoms with Crippen LogP contribution in [0, 0.1) is 5.92 Å². The van der Waals surface area contributed by atoms with Gasteiger partial charge in [-0.25, -0.2) is 9.13 Å². The van der Waals surface area contributed by atoms with Crippen LogP contribution >= 0.6 is 15.6 Å². The lowest BCUT2D eigenvalue weighted by Gasteiger charge is -2.21. The number of phosphoric ester groups is 2. The van der Waals surface area contributed by atoms with Crippen molar-refractivity contribution in [2.75, 3.05) is 39.6 Å². The highest BCUT2D eigenvalue weighted by Crippen LogP contribution is 2.45. The summed E-state index contributed by atoms with van der Waals surface area (Å²) in [5.74, 6) is -1.43.